The van der Waals surface area contributed by atoms with E-state index in [-0.39, 0.29) is 24.4 Å². The van der Waals surface area contributed by atoms with Gasteiger partial charge in [-0.1, -0.05) is 28.1 Å². The molecular formula is C19H29BrClN3O. The molecule has 140 valence electrons. The van der Waals surface area contributed by atoms with E-state index in [1.165, 1.54) is 28.4 Å². The summed E-state index contributed by atoms with van der Waals surface area (Å²) in [6.45, 7) is 7.10. The third-order valence-electron chi connectivity index (χ3n) is 5.15. The van der Waals surface area contributed by atoms with Crippen molar-refractivity contribution in [3.63, 3.8) is 0 Å². The van der Waals surface area contributed by atoms with Crippen LogP contribution in [0.25, 0.3) is 0 Å². The Morgan fingerprint density at radius 1 is 1.36 bits per heavy atom. The number of piperidine rings is 1. The molecule has 1 amide bonds. The summed E-state index contributed by atoms with van der Waals surface area (Å²) in [5.41, 5.74) is 2.63. The zero-order valence-electron chi connectivity index (χ0n) is 14.9. The van der Waals surface area contributed by atoms with Crippen LogP contribution in [0, 0.1) is 12.8 Å². The van der Waals surface area contributed by atoms with Crippen molar-refractivity contribution in [1.29, 1.82) is 0 Å². The van der Waals surface area contributed by atoms with Crippen molar-refractivity contribution in [1.82, 2.24) is 15.5 Å². The van der Waals surface area contributed by atoms with Crippen molar-refractivity contribution in [3.8, 4) is 0 Å². The molecule has 0 bridgehead atoms. The second-order valence-electron chi connectivity index (χ2n) is 7.23. The first-order chi connectivity index (χ1) is 11.6. The van der Waals surface area contributed by atoms with E-state index in [9.17, 15) is 4.79 Å². The van der Waals surface area contributed by atoms with E-state index in [1.54, 1.807) is 0 Å². The molecule has 2 heterocycles. The number of aryl methyl sites for hydroxylation is 1. The van der Waals surface area contributed by atoms with Gasteiger partial charge in [0.15, 0.2) is 0 Å². The fourth-order valence-corrected chi connectivity index (χ4v) is 4.38. The summed E-state index contributed by atoms with van der Waals surface area (Å²) in [5, 5.41) is 6.43. The van der Waals surface area contributed by atoms with Crippen molar-refractivity contribution < 1.29 is 4.79 Å². The molecule has 25 heavy (non-hydrogen) atoms. The van der Waals surface area contributed by atoms with E-state index in [0.717, 1.165) is 45.6 Å². The molecule has 2 unspecified atom stereocenters. The molecule has 0 spiro atoms. The van der Waals surface area contributed by atoms with Gasteiger partial charge in [-0.05, 0) is 68.8 Å². The normalized spacial score (nSPS) is 23.9. The van der Waals surface area contributed by atoms with E-state index in [0.29, 0.717) is 5.92 Å². The van der Waals surface area contributed by atoms with E-state index >= 15 is 0 Å². The van der Waals surface area contributed by atoms with E-state index in [4.69, 9.17) is 0 Å². The Kier molecular flexibility index (Phi) is 8.20. The number of hydrogen-bond acceptors (Lipinski definition) is 3. The Hall–Kier alpha value is -0.620. The Morgan fingerprint density at radius 3 is 2.92 bits per heavy atom. The third-order valence-corrected chi connectivity index (χ3v) is 5.89. The van der Waals surface area contributed by atoms with Gasteiger partial charge in [0, 0.05) is 24.1 Å². The van der Waals surface area contributed by atoms with Gasteiger partial charge in [0.25, 0.3) is 0 Å². The molecule has 2 N–H and O–H groups in total. The number of rotatable bonds is 5. The summed E-state index contributed by atoms with van der Waals surface area (Å²) < 4.78 is 1.20. The van der Waals surface area contributed by atoms with Crippen LogP contribution in [-0.2, 0) is 11.3 Å². The lowest BCUT2D eigenvalue weighted by atomic mass is 9.97. The standard InChI is InChI=1S/C19H28BrN3O.ClH/c1-14-6-7-16(17(20)10-14)13-23-9-3-4-15(12-23)11-22-19(24)18-5-2-8-21-18;/h6-7,10,15,18,21H,2-5,8-9,11-13H2,1H3,(H,22,24);1H. The lowest BCUT2D eigenvalue weighted by Crippen LogP contribution is -2.45. The first-order valence-corrected chi connectivity index (χ1v) is 9.89. The Morgan fingerprint density at radius 2 is 2.20 bits per heavy atom. The van der Waals surface area contributed by atoms with Gasteiger partial charge < -0.3 is 10.6 Å². The van der Waals surface area contributed by atoms with Crippen molar-refractivity contribution in [2.45, 2.75) is 45.2 Å². The Labute approximate surface area is 165 Å². The van der Waals surface area contributed by atoms with Crippen LogP contribution in [0.1, 0.15) is 36.8 Å². The van der Waals surface area contributed by atoms with E-state index in [2.05, 4.69) is 56.6 Å². The lowest BCUT2D eigenvalue weighted by molar-refractivity contribution is -0.123. The summed E-state index contributed by atoms with van der Waals surface area (Å²) in [7, 11) is 0. The maximum absolute atomic E-state index is 12.1. The first-order valence-electron chi connectivity index (χ1n) is 9.10. The van der Waals surface area contributed by atoms with Gasteiger partial charge in [0.1, 0.15) is 0 Å². The van der Waals surface area contributed by atoms with Crippen molar-refractivity contribution in [3.05, 3.63) is 33.8 Å². The molecule has 2 aliphatic rings. The average Bonchev–Trinajstić information content (AvgIpc) is 3.10. The van der Waals surface area contributed by atoms with Gasteiger partial charge >= 0.3 is 0 Å². The van der Waals surface area contributed by atoms with Crippen LogP contribution in [0.3, 0.4) is 0 Å². The predicted octanol–water partition coefficient (Wildman–Crippen LogP) is 3.26. The van der Waals surface area contributed by atoms with E-state index < -0.39 is 0 Å². The number of hydrogen-bond donors (Lipinski definition) is 2. The Bertz CT molecular complexity index is 578. The van der Waals surface area contributed by atoms with Gasteiger partial charge in [-0.3, -0.25) is 9.69 Å². The number of nitrogens with zero attached hydrogens (tertiary/aromatic N) is 1. The number of benzene rings is 1. The highest BCUT2D eigenvalue weighted by Gasteiger charge is 2.24. The van der Waals surface area contributed by atoms with E-state index in [1.807, 2.05) is 0 Å². The van der Waals surface area contributed by atoms with Gasteiger partial charge in [0.05, 0.1) is 6.04 Å². The summed E-state index contributed by atoms with van der Waals surface area (Å²) in [5.74, 6) is 0.749. The van der Waals surface area contributed by atoms with Crippen LogP contribution in [0.5, 0.6) is 0 Å². The van der Waals surface area contributed by atoms with Crippen molar-refractivity contribution >= 4 is 34.2 Å². The second kappa shape index (κ2) is 9.91. The lowest BCUT2D eigenvalue weighted by Gasteiger charge is -2.33. The monoisotopic (exact) mass is 429 g/mol. The second-order valence-corrected chi connectivity index (χ2v) is 8.09. The van der Waals surface area contributed by atoms with Crippen LogP contribution in [-0.4, -0.2) is 43.0 Å². The highest BCUT2D eigenvalue weighted by molar-refractivity contribution is 9.10. The topological polar surface area (TPSA) is 44.4 Å². The molecule has 3 rings (SSSR count). The molecular weight excluding hydrogens is 402 g/mol. The quantitative estimate of drug-likeness (QED) is 0.753. The van der Waals surface area contributed by atoms with Crippen LogP contribution < -0.4 is 10.6 Å². The molecule has 2 aliphatic heterocycles. The minimum absolute atomic E-state index is 0. The van der Waals surface area contributed by atoms with Gasteiger partial charge in [-0.25, -0.2) is 0 Å². The number of likely N-dealkylation sites (tertiary alicyclic amines) is 1. The molecule has 0 saturated carbocycles. The maximum Gasteiger partial charge on any atom is 0.237 e. The number of carbonyl (C=O) groups is 1. The van der Waals surface area contributed by atoms with Crippen molar-refractivity contribution in [2.24, 2.45) is 5.92 Å². The highest BCUT2D eigenvalue weighted by Crippen LogP contribution is 2.23. The molecule has 1 aromatic carbocycles. The van der Waals surface area contributed by atoms with Crippen LogP contribution in [0.2, 0.25) is 0 Å². The number of carbonyl (C=O) groups excluding carboxylic acids is 1. The molecule has 2 saturated heterocycles. The van der Waals surface area contributed by atoms with Crippen LogP contribution >= 0.6 is 28.3 Å². The summed E-state index contributed by atoms with van der Waals surface area (Å²) in [6, 6.07) is 6.62. The minimum Gasteiger partial charge on any atom is -0.354 e. The Balaban J connectivity index is 0.00000225. The summed E-state index contributed by atoms with van der Waals surface area (Å²) in [6.07, 6.45) is 4.51. The molecule has 0 aromatic heterocycles. The zero-order chi connectivity index (χ0) is 16.9. The van der Waals surface area contributed by atoms with Crippen LogP contribution in [0.4, 0.5) is 0 Å². The van der Waals surface area contributed by atoms with Crippen molar-refractivity contribution in [2.75, 3.05) is 26.2 Å². The minimum atomic E-state index is 0. The fourth-order valence-electron chi connectivity index (χ4n) is 3.76. The largest absolute Gasteiger partial charge is 0.354 e. The molecule has 0 aliphatic carbocycles. The number of amides is 1. The molecule has 6 heteroatoms. The van der Waals surface area contributed by atoms with Crippen LogP contribution in [0.15, 0.2) is 22.7 Å². The first kappa shape index (κ1) is 20.7. The molecule has 2 fully saturated rings. The number of halogens is 2. The maximum atomic E-state index is 12.1. The summed E-state index contributed by atoms with van der Waals surface area (Å²) >= 11 is 3.69. The SMILES string of the molecule is Cc1ccc(CN2CCCC(CNC(=O)C3CCCN3)C2)c(Br)c1.Cl. The van der Waals surface area contributed by atoms with Gasteiger partial charge in [-0.15, -0.1) is 12.4 Å². The summed E-state index contributed by atoms with van der Waals surface area (Å²) in [4.78, 5) is 14.7. The molecule has 4 nitrogen and oxygen atoms in total. The number of nitrogens with one attached hydrogen (secondary N) is 2. The average molecular weight is 431 g/mol. The molecule has 1 aromatic rings. The smallest absolute Gasteiger partial charge is 0.237 e. The molecule has 0 radical (unpaired) electrons. The van der Waals surface area contributed by atoms with Gasteiger partial charge in [-0.2, -0.15) is 0 Å². The highest BCUT2D eigenvalue weighted by atomic mass is 79.9. The zero-order valence-corrected chi connectivity index (χ0v) is 17.3. The fraction of sp³-hybridized carbons (Fsp3) is 0.632. The predicted molar refractivity (Wildman–Crippen MR) is 108 cm³/mol. The van der Waals surface area contributed by atoms with Gasteiger partial charge in [0.2, 0.25) is 5.91 Å². The third kappa shape index (κ3) is 5.95. The molecule has 2 atom stereocenters.